The molecule has 1 aliphatic heterocycles. The van der Waals surface area contributed by atoms with Crippen LogP contribution in [-0.2, 0) is 14.8 Å². The number of aryl methyl sites for hydroxylation is 1. The second-order valence-corrected chi connectivity index (χ2v) is 10.4. The molecular formula is C26H27F2N3O4S. The second-order valence-electron chi connectivity index (χ2n) is 8.56. The molecule has 3 aromatic rings. The van der Waals surface area contributed by atoms with Gasteiger partial charge in [-0.15, -0.1) is 0 Å². The van der Waals surface area contributed by atoms with E-state index < -0.39 is 21.7 Å². The van der Waals surface area contributed by atoms with Crippen molar-refractivity contribution in [2.75, 3.05) is 24.5 Å². The number of carbonyl (C=O) groups excluding carboxylic acids is 1. The Morgan fingerprint density at radius 2 is 1.83 bits per heavy atom. The minimum Gasteiger partial charge on any atom is -0.355 e. The number of para-hydroxylation sites is 1. The van der Waals surface area contributed by atoms with Crippen LogP contribution in [-0.4, -0.2) is 43.4 Å². The molecule has 4 rings (SSSR count). The number of hydrogen-bond donors (Lipinski definition) is 0. The van der Waals surface area contributed by atoms with Gasteiger partial charge in [-0.1, -0.05) is 23.4 Å². The molecule has 7 nitrogen and oxygen atoms in total. The van der Waals surface area contributed by atoms with E-state index in [0.717, 1.165) is 17.8 Å². The molecule has 190 valence electrons. The smallest absolute Gasteiger partial charge is 0.248 e. The highest BCUT2D eigenvalue weighted by Crippen LogP contribution is 2.30. The van der Waals surface area contributed by atoms with Crippen molar-refractivity contribution in [2.45, 2.75) is 31.6 Å². The molecular weight excluding hydrogens is 488 g/mol. The van der Waals surface area contributed by atoms with Gasteiger partial charge in [0.15, 0.2) is 10.7 Å². The lowest BCUT2D eigenvalue weighted by Crippen LogP contribution is -2.44. The lowest BCUT2D eigenvalue weighted by atomic mass is 9.96. The summed E-state index contributed by atoms with van der Waals surface area (Å²) in [6.07, 6.45) is 3.38. The molecule has 1 aromatic heterocycles. The average molecular weight is 516 g/mol. The highest BCUT2D eigenvalue weighted by atomic mass is 32.2. The largest absolute Gasteiger partial charge is 0.355 e. The summed E-state index contributed by atoms with van der Waals surface area (Å²) in [6.45, 7) is 4.29. The highest BCUT2D eigenvalue weighted by molar-refractivity contribution is 7.89. The summed E-state index contributed by atoms with van der Waals surface area (Å²) in [5.41, 5.74) is 1.06. The molecule has 0 spiro atoms. The number of nitrogens with zero attached hydrogens (tertiary/aromatic N) is 3. The van der Waals surface area contributed by atoms with Crippen molar-refractivity contribution in [3.63, 3.8) is 0 Å². The third kappa shape index (κ3) is 5.24. The Labute approximate surface area is 209 Å². The van der Waals surface area contributed by atoms with Gasteiger partial charge in [0, 0.05) is 42.9 Å². The first kappa shape index (κ1) is 25.7. The quantitative estimate of drug-likeness (QED) is 0.448. The number of rotatable bonds is 7. The van der Waals surface area contributed by atoms with Crippen molar-refractivity contribution < 1.29 is 26.5 Å². The molecule has 0 aliphatic carbocycles. The summed E-state index contributed by atoms with van der Waals surface area (Å²) in [6, 6.07) is 12.5. The summed E-state index contributed by atoms with van der Waals surface area (Å²) >= 11 is 0. The van der Waals surface area contributed by atoms with Crippen LogP contribution in [0.4, 0.5) is 14.5 Å². The van der Waals surface area contributed by atoms with Crippen LogP contribution in [0.3, 0.4) is 0 Å². The first-order valence-corrected chi connectivity index (χ1v) is 13.1. The lowest BCUT2D eigenvalue weighted by molar-refractivity contribution is -0.123. The maximum Gasteiger partial charge on any atom is 0.248 e. The van der Waals surface area contributed by atoms with Crippen LogP contribution in [0.1, 0.15) is 36.8 Å². The van der Waals surface area contributed by atoms with E-state index in [1.165, 1.54) is 29.4 Å². The number of benzene rings is 2. The maximum atomic E-state index is 14.0. The van der Waals surface area contributed by atoms with E-state index in [0.29, 0.717) is 19.4 Å². The minimum absolute atomic E-state index is 0.0214. The molecule has 1 amide bonds. The SMILES string of the molecule is CCN(C(=O)C1CCN(S(=O)(=O)c2c(C)noc2C=Cc2ccc(F)cc2F)CC1)c1ccccc1. The summed E-state index contributed by atoms with van der Waals surface area (Å²) < 4.78 is 60.6. The van der Waals surface area contributed by atoms with Crippen molar-refractivity contribution in [3.05, 3.63) is 77.2 Å². The molecule has 0 saturated carbocycles. The van der Waals surface area contributed by atoms with Gasteiger partial charge < -0.3 is 9.42 Å². The van der Waals surface area contributed by atoms with Crippen LogP contribution >= 0.6 is 0 Å². The van der Waals surface area contributed by atoms with Gasteiger partial charge in [-0.25, -0.2) is 17.2 Å². The predicted octanol–water partition coefficient (Wildman–Crippen LogP) is 4.89. The van der Waals surface area contributed by atoms with Crippen molar-refractivity contribution in [1.29, 1.82) is 0 Å². The lowest BCUT2D eigenvalue weighted by Gasteiger charge is -2.33. The van der Waals surface area contributed by atoms with Crippen LogP contribution in [0.2, 0.25) is 0 Å². The van der Waals surface area contributed by atoms with Crippen LogP contribution < -0.4 is 4.90 Å². The molecule has 0 N–H and O–H groups in total. The molecule has 0 radical (unpaired) electrons. The molecule has 0 unspecified atom stereocenters. The van der Waals surface area contributed by atoms with Crippen molar-refractivity contribution in [2.24, 2.45) is 5.92 Å². The molecule has 0 bridgehead atoms. The monoisotopic (exact) mass is 515 g/mol. The zero-order valence-corrected chi connectivity index (χ0v) is 20.8. The highest BCUT2D eigenvalue weighted by Gasteiger charge is 2.37. The van der Waals surface area contributed by atoms with E-state index in [1.54, 1.807) is 4.90 Å². The molecule has 2 aromatic carbocycles. The van der Waals surface area contributed by atoms with Gasteiger partial charge in [-0.05, 0) is 63.1 Å². The van der Waals surface area contributed by atoms with E-state index in [-0.39, 0.29) is 46.8 Å². The number of anilines is 1. The molecule has 1 fully saturated rings. The van der Waals surface area contributed by atoms with E-state index in [9.17, 15) is 22.0 Å². The third-order valence-corrected chi connectivity index (χ3v) is 8.32. The summed E-state index contributed by atoms with van der Waals surface area (Å²) in [5.74, 6) is -1.85. The van der Waals surface area contributed by atoms with Crippen LogP contribution in [0, 0.1) is 24.5 Å². The molecule has 10 heteroatoms. The zero-order valence-electron chi connectivity index (χ0n) is 20.0. The van der Waals surface area contributed by atoms with Gasteiger partial charge in [0.25, 0.3) is 0 Å². The Kier molecular flexibility index (Phi) is 7.65. The zero-order chi connectivity index (χ0) is 25.9. The summed E-state index contributed by atoms with van der Waals surface area (Å²) in [4.78, 5) is 14.8. The summed E-state index contributed by atoms with van der Waals surface area (Å²) in [5, 5.41) is 3.79. The number of sulfonamides is 1. The second kappa shape index (κ2) is 10.7. The Balaban J connectivity index is 1.49. The van der Waals surface area contributed by atoms with Gasteiger partial charge in [-0.2, -0.15) is 4.31 Å². The van der Waals surface area contributed by atoms with Gasteiger partial charge >= 0.3 is 0 Å². The van der Waals surface area contributed by atoms with E-state index >= 15 is 0 Å². The van der Waals surface area contributed by atoms with Gasteiger partial charge in [0.1, 0.15) is 17.3 Å². The van der Waals surface area contributed by atoms with Crippen LogP contribution in [0.15, 0.2) is 57.9 Å². The third-order valence-electron chi connectivity index (χ3n) is 6.26. The number of hydrogen-bond acceptors (Lipinski definition) is 5. The van der Waals surface area contributed by atoms with Gasteiger partial charge in [-0.3, -0.25) is 4.79 Å². The Morgan fingerprint density at radius 1 is 1.14 bits per heavy atom. The molecule has 1 saturated heterocycles. The predicted molar refractivity (Wildman–Crippen MR) is 132 cm³/mol. The van der Waals surface area contributed by atoms with Crippen LogP contribution in [0.5, 0.6) is 0 Å². The van der Waals surface area contributed by atoms with Gasteiger partial charge in [0.05, 0.1) is 0 Å². The number of piperidine rings is 1. The maximum absolute atomic E-state index is 14.0. The topological polar surface area (TPSA) is 83.7 Å². The molecule has 2 heterocycles. The van der Waals surface area contributed by atoms with Crippen molar-refractivity contribution >= 4 is 33.8 Å². The first-order chi connectivity index (χ1) is 17.2. The average Bonchev–Trinajstić information content (AvgIpc) is 3.25. The number of aromatic nitrogens is 1. The molecule has 1 aliphatic rings. The Hall–Kier alpha value is -3.37. The Morgan fingerprint density at radius 3 is 2.47 bits per heavy atom. The standard InChI is InChI=1S/C26H27F2N3O4S/c1-3-31(22-7-5-4-6-8-22)26(32)20-13-15-30(16-14-20)36(33,34)25-18(2)29-35-24(25)12-10-19-9-11-21(27)17-23(19)28/h4-12,17,20H,3,13-16H2,1-2H3. The van der Waals surface area contributed by atoms with Gasteiger partial charge in [0.2, 0.25) is 15.9 Å². The summed E-state index contributed by atoms with van der Waals surface area (Å²) in [7, 11) is -3.98. The van der Waals surface area contributed by atoms with E-state index in [4.69, 9.17) is 4.52 Å². The minimum atomic E-state index is -3.98. The number of halogens is 2. The normalized spacial score (nSPS) is 15.4. The van der Waals surface area contributed by atoms with Crippen molar-refractivity contribution in [1.82, 2.24) is 9.46 Å². The number of carbonyl (C=O) groups is 1. The Bertz CT molecular complexity index is 1370. The molecule has 36 heavy (non-hydrogen) atoms. The first-order valence-electron chi connectivity index (χ1n) is 11.7. The molecule has 0 atom stereocenters. The van der Waals surface area contributed by atoms with E-state index in [2.05, 4.69) is 5.16 Å². The van der Waals surface area contributed by atoms with Crippen LogP contribution in [0.25, 0.3) is 12.2 Å². The fourth-order valence-electron chi connectivity index (χ4n) is 4.37. The van der Waals surface area contributed by atoms with Crippen molar-refractivity contribution in [3.8, 4) is 0 Å². The fraction of sp³-hybridized carbons (Fsp3) is 0.308. The fourth-order valence-corrected chi connectivity index (χ4v) is 6.09. The van der Waals surface area contributed by atoms with E-state index in [1.807, 2.05) is 37.3 Å². The number of amides is 1.